The first-order chi connectivity index (χ1) is 8.79. The molecule has 98 valence electrons. The van der Waals surface area contributed by atoms with Gasteiger partial charge in [0.2, 0.25) is 0 Å². The lowest BCUT2D eigenvalue weighted by molar-refractivity contribution is 0.0600. The number of esters is 1. The highest BCUT2D eigenvalue weighted by atomic mass is 16.5. The van der Waals surface area contributed by atoms with Crippen LogP contribution in [0, 0.1) is 5.92 Å². The van der Waals surface area contributed by atoms with E-state index in [1.54, 1.807) is 12.1 Å². The van der Waals surface area contributed by atoms with Crippen molar-refractivity contribution in [1.82, 2.24) is 0 Å². The predicted molar refractivity (Wildman–Crippen MR) is 66.4 cm³/mol. The van der Waals surface area contributed by atoms with Crippen LogP contribution in [0.5, 0.6) is 0 Å². The molecule has 1 heterocycles. The lowest BCUT2D eigenvalue weighted by atomic mass is 10.1. The van der Waals surface area contributed by atoms with Crippen LogP contribution in [0.25, 0.3) is 0 Å². The third-order valence-corrected chi connectivity index (χ3v) is 3.02. The van der Waals surface area contributed by atoms with Crippen molar-refractivity contribution in [3.05, 3.63) is 35.4 Å². The van der Waals surface area contributed by atoms with E-state index in [0.29, 0.717) is 18.1 Å². The number of rotatable bonds is 5. The summed E-state index contributed by atoms with van der Waals surface area (Å²) in [7, 11) is 1.38. The summed E-state index contributed by atoms with van der Waals surface area (Å²) in [5.41, 5.74) is 1.62. The molecule has 0 saturated carbocycles. The van der Waals surface area contributed by atoms with Crippen LogP contribution in [0.2, 0.25) is 0 Å². The Morgan fingerprint density at radius 1 is 1.39 bits per heavy atom. The van der Waals surface area contributed by atoms with E-state index in [0.717, 1.165) is 31.8 Å². The van der Waals surface area contributed by atoms with Crippen molar-refractivity contribution in [2.24, 2.45) is 5.92 Å². The molecule has 0 amide bonds. The Kier molecular flexibility index (Phi) is 4.73. The molecule has 0 aliphatic carbocycles. The van der Waals surface area contributed by atoms with Gasteiger partial charge in [0.15, 0.2) is 0 Å². The van der Waals surface area contributed by atoms with E-state index in [1.165, 1.54) is 7.11 Å². The molecule has 0 bridgehead atoms. The number of benzene rings is 1. The van der Waals surface area contributed by atoms with Gasteiger partial charge in [-0.15, -0.1) is 0 Å². The molecule has 1 aliphatic heterocycles. The van der Waals surface area contributed by atoms with Crippen LogP contribution in [-0.4, -0.2) is 32.9 Å². The minimum absolute atomic E-state index is 0.314. The predicted octanol–water partition coefficient (Wildman–Crippen LogP) is 2.03. The fourth-order valence-corrected chi connectivity index (χ4v) is 1.91. The lowest BCUT2D eigenvalue weighted by Crippen LogP contribution is -2.09. The largest absolute Gasteiger partial charge is 0.465 e. The third kappa shape index (κ3) is 3.55. The van der Waals surface area contributed by atoms with E-state index in [1.807, 2.05) is 12.1 Å². The second-order valence-electron chi connectivity index (χ2n) is 4.43. The molecule has 1 aliphatic rings. The van der Waals surface area contributed by atoms with Crippen molar-refractivity contribution in [3.8, 4) is 0 Å². The normalized spacial score (nSPS) is 18.8. The molecule has 4 nitrogen and oxygen atoms in total. The first kappa shape index (κ1) is 13.1. The van der Waals surface area contributed by atoms with E-state index in [9.17, 15) is 4.79 Å². The average molecular weight is 250 g/mol. The molecule has 1 saturated heterocycles. The van der Waals surface area contributed by atoms with Gasteiger partial charge in [-0.2, -0.15) is 0 Å². The highest BCUT2D eigenvalue weighted by molar-refractivity contribution is 5.89. The second kappa shape index (κ2) is 6.52. The van der Waals surface area contributed by atoms with Gasteiger partial charge in [-0.25, -0.2) is 4.79 Å². The highest BCUT2D eigenvalue weighted by Crippen LogP contribution is 2.13. The maximum Gasteiger partial charge on any atom is 0.337 e. The quantitative estimate of drug-likeness (QED) is 0.750. The molecule has 2 rings (SSSR count). The van der Waals surface area contributed by atoms with Crippen molar-refractivity contribution < 1.29 is 19.0 Å². The van der Waals surface area contributed by atoms with Crippen molar-refractivity contribution >= 4 is 5.97 Å². The SMILES string of the molecule is COC(=O)c1ccc(COCC2CCOC2)cc1. The van der Waals surface area contributed by atoms with Gasteiger partial charge < -0.3 is 14.2 Å². The summed E-state index contributed by atoms with van der Waals surface area (Å²) in [4.78, 5) is 11.2. The fraction of sp³-hybridized carbons (Fsp3) is 0.500. The summed E-state index contributed by atoms with van der Waals surface area (Å²) in [6.07, 6.45) is 1.08. The topological polar surface area (TPSA) is 44.8 Å². The number of methoxy groups -OCH3 is 1. The van der Waals surface area contributed by atoms with Gasteiger partial charge >= 0.3 is 5.97 Å². The summed E-state index contributed by atoms with van der Waals surface area (Å²) in [6.45, 7) is 2.96. The Morgan fingerprint density at radius 2 is 2.17 bits per heavy atom. The Morgan fingerprint density at radius 3 is 2.78 bits per heavy atom. The first-order valence-corrected chi connectivity index (χ1v) is 6.12. The smallest absolute Gasteiger partial charge is 0.337 e. The molecule has 0 aromatic heterocycles. The molecule has 0 spiro atoms. The van der Waals surface area contributed by atoms with Crippen LogP contribution in [-0.2, 0) is 20.8 Å². The van der Waals surface area contributed by atoms with Gasteiger partial charge in [-0.1, -0.05) is 12.1 Å². The summed E-state index contributed by atoms with van der Waals surface area (Å²) in [5.74, 6) is 0.213. The Bertz CT molecular complexity index is 379. The van der Waals surface area contributed by atoms with Gasteiger partial charge in [-0.3, -0.25) is 0 Å². The molecule has 1 aromatic rings. The fourth-order valence-electron chi connectivity index (χ4n) is 1.91. The Hall–Kier alpha value is -1.39. The van der Waals surface area contributed by atoms with Gasteiger partial charge in [0.1, 0.15) is 0 Å². The van der Waals surface area contributed by atoms with E-state index < -0.39 is 0 Å². The van der Waals surface area contributed by atoms with Crippen molar-refractivity contribution in [2.45, 2.75) is 13.0 Å². The number of carbonyl (C=O) groups excluding carboxylic acids is 1. The minimum atomic E-state index is -0.314. The average Bonchev–Trinajstić information content (AvgIpc) is 2.92. The highest BCUT2D eigenvalue weighted by Gasteiger charge is 2.15. The maximum atomic E-state index is 11.2. The van der Waals surface area contributed by atoms with Gasteiger partial charge in [0.05, 0.1) is 32.5 Å². The number of hydrogen-bond acceptors (Lipinski definition) is 4. The van der Waals surface area contributed by atoms with E-state index in [4.69, 9.17) is 9.47 Å². The number of ether oxygens (including phenoxy) is 3. The van der Waals surface area contributed by atoms with Crippen molar-refractivity contribution in [3.63, 3.8) is 0 Å². The van der Waals surface area contributed by atoms with Crippen LogP contribution in [0.3, 0.4) is 0 Å². The zero-order valence-electron chi connectivity index (χ0n) is 10.6. The zero-order chi connectivity index (χ0) is 12.8. The van der Waals surface area contributed by atoms with Crippen LogP contribution < -0.4 is 0 Å². The lowest BCUT2D eigenvalue weighted by Gasteiger charge is -2.09. The molecular formula is C14H18O4. The monoisotopic (exact) mass is 250 g/mol. The van der Waals surface area contributed by atoms with Crippen LogP contribution in [0.4, 0.5) is 0 Å². The molecule has 1 unspecified atom stereocenters. The van der Waals surface area contributed by atoms with E-state index in [-0.39, 0.29) is 5.97 Å². The Labute approximate surface area is 107 Å². The van der Waals surface area contributed by atoms with Gasteiger partial charge in [-0.05, 0) is 24.1 Å². The van der Waals surface area contributed by atoms with Crippen LogP contribution >= 0.6 is 0 Å². The molecule has 18 heavy (non-hydrogen) atoms. The van der Waals surface area contributed by atoms with Gasteiger partial charge in [0.25, 0.3) is 0 Å². The first-order valence-electron chi connectivity index (χ1n) is 6.12. The van der Waals surface area contributed by atoms with Crippen LogP contribution in [0.1, 0.15) is 22.3 Å². The van der Waals surface area contributed by atoms with Crippen LogP contribution in [0.15, 0.2) is 24.3 Å². The Balaban J connectivity index is 1.77. The molecule has 1 fully saturated rings. The maximum absolute atomic E-state index is 11.2. The standard InChI is InChI=1S/C14H18O4/c1-16-14(15)13-4-2-11(3-5-13)8-18-10-12-6-7-17-9-12/h2-5,12H,6-10H2,1H3. The third-order valence-electron chi connectivity index (χ3n) is 3.02. The van der Waals surface area contributed by atoms with Gasteiger partial charge in [0, 0.05) is 12.5 Å². The zero-order valence-corrected chi connectivity index (χ0v) is 10.6. The summed E-state index contributed by atoms with van der Waals surface area (Å²) >= 11 is 0. The number of hydrogen-bond donors (Lipinski definition) is 0. The van der Waals surface area contributed by atoms with Crippen molar-refractivity contribution in [2.75, 3.05) is 26.9 Å². The second-order valence-corrected chi connectivity index (χ2v) is 4.43. The summed E-state index contributed by atoms with van der Waals surface area (Å²) in [5, 5.41) is 0. The molecule has 4 heteroatoms. The van der Waals surface area contributed by atoms with Crippen molar-refractivity contribution in [1.29, 1.82) is 0 Å². The minimum Gasteiger partial charge on any atom is -0.465 e. The molecule has 1 aromatic carbocycles. The van der Waals surface area contributed by atoms with E-state index in [2.05, 4.69) is 4.74 Å². The molecule has 0 radical (unpaired) electrons. The van der Waals surface area contributed by atoms with E-state index >= 15 is 0 Å². The number of carbonyl (C=O) groups is 1. The molecule has 1 atom stereocenters. The summed E-state index contributed by atoms with van der Waals surface area (Å²) < 4.78 is 15.6. The molecule has 0 N–H and O–H groups in total. The summed E-state index contributed by atoms with van der Waals surface area (Å²) in [6, 6.07) is 7.28. The molecular weight excluding hydrogens is 232 g/mol.